The van der Waals surface area contributed by atoms with Crippen LogP contribution >= 0.6 is 0 Å². The van der Waals surface area contributed by atoms with Gasteiger partial charge in [-0.2, -0.15) is 0 Å². The van der Waals surface area contributed by atoms with Crippen LogP contribution in [0.3, 0.4) is 0 Å². The summed E-state index contributed by atoms with van der Waals surface area (Å²) >= 11 is 0. The monoisotopic (exact) mass is 525 g/mol. The zero-order valence-corrected chi connectivity index (χ0v) is 22.3. The van der Waals surface area contributed by atoms with E-state index in [1.54, 1.807) is 6.07 Å². The lowest BCUT2D eigenvalue weighted by Gasteiger charge is -2.32. The van der Waals surface area contributed by atoms with E-state index in [2.05, 4.69) is 58.7 Å². The molecule has 5 aromatic carbocycles. The summed E-state index contributed by atoms with van der Waals surface area (Å²) in [5, 5.41) is 5.46. The van der Waals surface area contributed by atoms with Gasteiger partial charge < -0.3 is 16.0 Å². The molecule has 0 saturated heterocycles. The quantitative estimate of drug-likeness (QED) is 0.255. The number of hydrogen-bond acceptors (Lipinski definition) is 3. The second kappa shape index (κ2) is 11.1. The Morgan fingerprint density at radius 1 is 0.775 bits per heavy atom. The van der Waals surface area contributed by atoms with Crippen LogP contribution in [-0.2, 0) is 19.5 Å². The summed E-state index contributed by atoms with van der Waals surface area (Å²) in [6, 6.07) is 36.3. The largest absolute Gasteiger partial charge is 0.367 e. The van der Waals surface area contributed by atoms with E-state index in [-0.39, 0.29) is 5.91 Å². The van der Waals surface area contributed by atoms with E-state index in [1.165, 1.54) is 27.6 Å². The van der Waals surface area contributed by atoms with Crippen molar-refractivity contribution >= 4 is 28.3 Å². The highest BCUT2D eigenvalue weighted by molar-refractivity contribution is 5.99. The molecule has 5 aromatic rings. The number of nitrogens with zero attached hydrogens (tertiary/aromatic N) is 1. The molecule has 5 nitrogen and oxygen atoms in total. The van der Waals surface area contributed by atoms with Crippen molar-refractivity contribution < 1.29 is 9.59 Å². The van der Waals surface area contributed by atoms with E-state index < -0.39 is 5.91 Å². The van der Waals surface area contributed by atoms with E-state index in [0.717, 1.165) is 42.6 Å². The van der Waals surface area contributed by atoms with Crippen LogP contribution in [0.4, 0.5) is 5.69 Å². The maximum atomic E-state index is 13.0. The van der Waals surface area contributed by atoms with Crippen LogP contribution in [0.15, 0.2) is 109 Å². The van der Waals surface area contributed by atoms with Crippen LogP contribution in [0.1, 0.15) is 43.8 Å². The Bertz CT molecular complexity index is 1710. The van der Waals surface area contributed by atoms with Crippen LogP contribution < -0.4 is 16.0 Å². The van der Waals surface area contributed by atoms with Gasteiger partial charge in [-0.15, -0.1) is 0 Å². The van der Waals surface area contributed by atoms with Crippen LogP contribution in [0.25, 0.3) is 21.9 Å². The van der Waals surface area contributed by atoms with Gasteiger partial charge in [0.15, 0.2) is 0 Å². The first-order chi connectivity index (χ1) is 19.5. The highest BCUT2D eigenvalue weighted by Gasteiger charge is 2.19. The van der Waals surface area contributed by atoms with Crippen LogP contribution in [0, 0.1) is 0 Å². The van der Waals surface area contributed by atoms with E-state index >= 15 is 0 Å². The zero-order chi connectivity index (χ0) is 27.5. The molecule has 198 valence electrons. The third-order valence-electron chi connectivity index (χ3n) is 7.65. The van der Waals surface area contributed by atoms with Crippen molar-refractivity contribution in [2.24, 2.45) is 5.73 Å². The molecule has 1 aliphatic heterocycles. The lowest BCUT2D eigenvalue weighted by atomic mass is 9.97. The van der Waals surface area contributed by atoms with Gasteiger partial charge in [0.1, 0.15) is 0 Å². The number of anilines is 1. The standard InChI is InChI=1S/C35H31N3O2/c36-34(39)32-10-4-3-9-31(32)27-15-11-24(12-16-27)23-38-19-5-8-29-21-30(17-18-33(29)38)35(40)37-22-25-13-14-26-6-1-2-7-28(26)20-25/h1-4,6-7,9-18,20-21H,5,8,19,22-23H2,(H2,36,39)(H,37,40). The Balaban J connectivity index is 1.13. The minimum Gasteiger partial charge on any atom is -0.367 e. The number of primary amides is 1. The molecule has 0 unspecified atom stereocenters. The van der Waals surface area contributed by atoms with Gasteiger partial charge in [0.25, 0.3) is 5.91 Å². The molecule has 0 fully saturated rings. The highest BCUT2D eigenvalue weighted by Crippen LogP contribution is 2.30. The molecule has 0 bridgehead atoms. The van der Waals surface area contributed by atoms with E-state index in [9.17, 15) is 9.59 Å². The van der Waals surface area contributed by atoms with Gasteiger partial charge in [-0.3, -0.25) is 9.59 Å². The maximum absolute atomic E-state index is 13.0. The number of rotatable bonds is 7. The third-order valence-corrected chi connectivity index (χ3v) is 7.65. The normalized spacial score (nSPS) is 12.7. The molecule has 0 aromatic heterocycles. The van der Waals surface area contributed by atoms with Crippen molar-refractivity contribution in [3.8, 4) is 11.1 Å². The van der Waals surface area contributed by atoms with Gasteiger partial charge in [0, 0.05) is 36.4 Å². The fourth-order valence-electron chi connectivity index (χ4n) is 5.57. The first kappa shape index (κ1) is 25.4. The summed E-state index contributed by atoms with van der Waals surface area (Å²) in [7, 11) is 0. The summed E-state index contributed by atoms with van der Waals surface area (Å²) in [4.78, 5) is 27.2. The molecule has 0 spiro atoms. The summed E-state index contributed by atoms with van der Waals surface area (Å²) < 4.78 is 0. The van der Waals surface area contributed by atoms with Crippen LogP contribution in [-0.4, -0.2) is 18.4 Å². The molecule has 6 rings (SSSR count). The van der Waals surface area contributed by atoms with Crippen molar-refractivity contribution in [1.29, 1.82) is 0 Å². The SMILES string of the molecule is NC(=O)c1ccccc1-c1ccc(CN2CCCc3cc(C(=O)NCc4ccc5ccccc5c4)ccc32)cc1. The Kier molecular flexibility index (Phi) is 7.02. The topological polar surface area (TPSA) is 75.4 Å². The van der Waals surface area contributed by atoms with E-state index in [1.807, 2.05) is 54.6 Å². The number of benzene rings is 5. The lowest BCUT2D eigenvalue weighted by Crippen LogP contribution is -2.29. The molecule has 1 heterocycles. The van der Waals surface area contributed by atoms with E-state index in [4.69, 9.17) is 5.73 Å². The van der Waals surface area contributed by atoms with Crippen LogP contribution in [0.2, 0.25) is 0 Å². The fraction of sp³-hybridized carbons (Fsp3) is 0.143. The number of amides is 2. The average molecular weight is 526 g/mol. The molecule has 5 heteroatoms. The molecule has 3 N–H and O–H groups in total. The Labute approximate surface area is 234 Å². The molecular formula is C35H31N3O2. The van der Waals surface area contributed by atoms with Gasteiger partial charge in [-0.1, -0.05) is 78.9 Å². The highest BCUT2D eigenvalue weighted by atomic mass is 16.2. The molecule has 40 heavy (non-hydrogen) atoms. The van der Waals surface area contributed by atoms with Crippen LogP contribution in [0.5, 0.6) is 0 Å². The molecule has 0 atom stereocenters. The second-order valence-corrected chi connectivity index (χ2v) is 10.3. The van der Waals surface area contributed by atoms with Gasteiger partial charge in [-0.05, 0) is 81.8 Å². The lowest BCUT2D eigenvalue weighted by molar-refractivity contribution is 0.0949. The predicted molar refractivity (Wildman–Crippen MR) is 161 cm³/mol. The van der Waals surface area contributed by atoms with Crippen molar-refractivity contribution in [2.75, 3.05) is 11.4 Å². The molecule has 0 radical (unpaired) electrons. The summed E-state index contributed by atoms with van der Waals surface area (Å²) in [6.07, 6.45) is 2.00. The average Bonchev–Trinajstić information content (AvgIpc) is 3.00. The molecule has 2 amide bonds. The summed E-state index contributed by atoms with van der Waals surface area (Å²) in [6.45, 7) is 2.23. The number of carbonyl (C=O) groups excluding carboxylic acids is 2. The Morgan fingerprint density at radius 3 is 2.35 bits per heavy atom. The van der Waals surface area contributed by atoms with Gasteiger partial charge >= 0.3 is 0 Å². The van der Waals surface area contributed by atoms with E-state index in [0.29, 0.717) is 17.7 Å². The second-order valence-electron chi connectivity index (χ2n) is 10.3. The number of nitrogens with two attached hydrogens (primary N) is 1. The first-order valence-electron chi connectivity index (χ1n) is 13.7. The van der Waals surface area contributed by atoms with Crippen molar-refractivity contribution in [2.45, 2.75) is 25.9 Å². The van der Waals surface area contributed by atoms with Crippen molar-refractivity contribution in [3.05, 3.63) is 137 Å². The summed E-state index contributed by atoms with van der Waals surface area (Å²) in [5.41, 5.74) is 13.3. The first-order valence-corrected chi connectivity index (χ1v) is 13.7. The number of hydrogen-bond donors (Lipinski definition) is 2. The minimum absolute atomic E-state index is 0.0556. The molecule has 0 aliphatic carbocycles. The van der Waals surface area contributed by atoms with Gasteiger partial charge in [0.2, 0.25) is 5.91 Å². The number of aryl methyl sites for hydroxylation is 1. The fourth-order valence-corrected chi connectivity index (χ4v) is 5.57. The maximum Gasteiger partial charge on any atom is 0.251 e. The predicted octanol–water partition coefficient (Wildman–Crippen LogP) is 6.49. The number of carbonyl (C=O) groups is 2. The van der Waals surface area contributed by atoms with Gasteiger partial charge in [0.05, 0.1) is 0 Å². The Hall–Kier alpha value is -4.90. The number of nitrogens with one attached hydrogen (secondary N) is 1. The molecule has 0 saturated carbocycles. The number of fused-ring (bicyclic) bond motifs is 2. The molecular weight excluding hydrogens is 494 g/mol. The van der Waals surface area contributed by atoms with Crippen molar-refractivity contribution in [3.63, 3.8) is 0 Å². The molecule has 1 aliphatic rings. The van der Waals surface area contributed by atoms with Gasteiger partial charge in [-0.25, -0.2) is 0 Å². The zero-order valence-electron chi connectivity index (χ0n) is 22.3. The third kappa shape index (κ3) is 5.32. The smallest absolute Gasteiger partial charge is 0.251 e. The Morgan fingerprint density at radius 2 is 1.52 bits per heavy atom. The van der Waals surface area contributed by atoms with Crippen molar-refractivity contribution in [1.82, 2.24) is 5.32 Å². The summed E-state index contributed by atoms with van der Waals surface area (Å²) in [5.74, 6) is -0.480. The minimum atomic E-state index is -0.425.